The van der Waals surface area contributed by atoms with E-state index in [1.807, 2.05) is 32.0 Å². The Morgan fingerprint density at radius 1 is 0.929 bits per heavy atom. The molecule has 0 fully saturated rings. The quantitative estimate of drug-likeness (QED) is 0.702. The maximum atomic E-state index is 11.8. The van der Waals surface area contributed by atoms with Gasteiger partial charge in [0.15, 0.2) is 13.2 Å². The molecule has 2 rings (SSSR count). The Kier molecular flexibility index (Phi) is 7.56. The van der Waals surface area contributed by atoms with Crippen LogP contribution >= 0.6 is 0 Å². The highest BCUT2D eigenvalue weighted by Gasteiger charge is 2.11. The SMILES string of the molecule is COC(=O)c1ccc(CNC(=O)COC(=O)COc2c(C)cccc2C)cc1. The summed E-state index contributed by atoms with van der Waals surface area (Å²) in [6.07, 6.45) is 0. The third-order valence-corrected chi connectivity index (χ3v) is 3.97. The maximum absolute atomic E-state index is 11.8. The van der Waals surface area contributed by atoms with Crippen molar-refractivity contribution in [1.82, 2.24) is 5.32 Å². The molecule has 1 N–H and O–H groups in total. The lowest BCUT2D eigenvalue weighted by molar-refractivity contribution is -0.150. The van der Waals surface area contributed by atoms with Crippen molar-refractivity contribution in [3.8, 4) is 5.75 Å². The van der Waals surface area contributed by atoms with Gasteiger partial charge in [0, 0.05) is 6.54 Å². The summed E-state index contributed by atoms with van der Waals surface area (Å²) in [4.78, 5) is 35.0. The summed E-state index contributed by atoms with van der Waals surface area (Å²) in [7, 11) is 1.31. The molecule has 0 aliphatic carbocycles. The Balaban J connectivity index is 1.72. The summed E-state index contributed by atoms with van der Waals surface area (Å²) in [5.74, 6) is -0.845. The number of carbonyl (C=O) groups excluding carboxylic acids is 3. The molecule has 148 valence electrons. The number of para-hydroxylation sites is 1. The first-order chi connectivity index (χ1) is 13.4. The van der Waals surface area contributed by atoms with Crippen molar-refractivity contribution >= 4 is 17.8 Å². The maximum Gasteiger partial charge on any atom is 0.344 e. The Morgan fingerprint density at radius 2 is 1.57 bits per heavy atom. The Bertz CT molecular complexity index is 824. The molecule has 0 saturated carbocycles. The minimum atomic E-state index is -0.625. The van der Waals surface area contributed by atoms with Crippen LogP contribution in [0.15, 0.2) is 42.5 Å². The molecule has 0 radical (unpaired) electrons. The van der Waals surface area contributed by atoms with Crippen molar-refractivity contribution in [1.29, 1.82) is 0 Å². The fourth-order valence-electron chi connectivity index (χ4n) is 2.47. The zero-order chi connectivity index (χ0) is 20.5. The van der Waals surface area contributed by atoms with Gasteiger partial charge < -0.3 is 19.5 Å². The molecular weight excluding hydrogens is 362 g/mol. The smallest absolute Gasteiger partial charge is 0.344 e. The molecule has 2 aromatic rings. The minimum absolute atomic E-state index is 0.247. The van der Waals surface area contributed by atoms with Crippen LogP contribution in [0.2, 0.25) is 0 Å². The van der Waals surface area contributed by atoms with E-state index in [2.05, 4.69) is 10.1 Å². The molecule has 7 nitrogen and oxygen atoms in total. The van der Waals surface area contributed by atoms with Gasteiger partial charge in [-0.1, -0.05) is 30.3 Å². The number of aryl methyl sites for hydroxylation is 2. The predicted molar refractivity (Wildman–Crippen MR) is 102 cm³/mol. The number of benzene rings is 2. The Labute approximate surface area is 163 Å². The second-order valence-electron chi connectivity index (χ2n) is 6.14. The average Bonchev–Trinajstić information content (AvgIpc) is 2.70. The van der Waals surface area contributed by atoms with Gasteiger partial charge >= 0.3 is 11.9 Å². The fourth-order valence-corrected chi connectivity index (χ4v) is 2.47. The molecule has 0 atom stereocenters. The molecule has 0 aliphatic rings. The van der Waals surface area contributed by atoms with E-state index < -0.39 is 24.5 Å². The van der Waals surface area contributed by atoms with Crippen LogP contribution in [0.1, 0.15) is 27.0 Å². The van der Waals surface area contributed by atoms with E-state index in [1.165, 1.54) is 7.11 Å². The monoisotopic (exact) mass is 385 g/mol. The zero-order valence-corrected chi connectivity index (χ0v) is 16.1. The summed E-state index contributed by atoms with van der Waals surface area (Å²) >= 11 is 0. The molecule has 1 amide bonds. The van der Waals surface area contributed by atoms with Gasteiger partial charge in [-0.15, -0.1) is 0 Å². The molecule has 0 spiro atoms. The van der Waals surface area contributed by atoms with Crippen molar-refractivity contribution in [2.75, 3.05) is 20.3 Å². The van der Waals surface area contributed by atoms with E-state index in [0.717, 1.165) is 16.7 Å². The van der Waals surface area contributed by atoms with Crippen molar-refractivity contribution < 1.29 is 28.6 Å². The fraction of sp³-hybridized carbons (Fsp3) is 0.286. The molecule has 0 bridgehead atoms. The second kappa shape index (κ2) is 10.1. The molecule has 28 heavy (non-hydrogen) atoms. The standard InChI is InChI=1S/C21H23NO6/c1-14-5-4-6-15(2)20(14)28-13-19(24)27-12-18(23)22-11-16-7-9-17(10-8-16)21(25)26-3/h4-10H,11-13H2,1-3H3,(H,22,23). The molecular formula is C21H23NO6. The van der Waals surface area contributed by atoms with Crippen molar-refractivity contribution in [3.05, 3.63) is 64.7 Å². The highest BCUT2D eigenvalue weighted by Crippen LogP contribution is 2.22. The summed E-state index contributed by atoms with van der Waals surface area (Å²) < 4.78 is 15.0. The van der Waals surface area contributed by atoms with E-state index >= 15 is 0 Å². The summed E-state index contributed by atoms with van der Waals surface area (Å²) in [5, 5.41) is 2.64. The van der Waals surface area contributed by atoms with Gasteiger partial charge in [0.05, 0.1) is 12.7 Å². The molecule has 0 aromatic heterocycles. The van der Waals surface area contributed by atoms with Crippen LogP contribution in [0.25, 0.3) is 0 Å². The van der Waals surface area contributed by atoms with Crippen LogP contribution in [-0.4, -0.2) is 38.2 Å². The van der Waals surface area contributed by atoms with Gasteiger partial charge in [0.25, 0.3) is 5.91 Å². The zero-order valence-electron chi connectivity index (χ0n) is 16.1. The van der Waals surface area contributed by atoms with E-state index in [-0.39, 0.29) is 13.2 Å². The topological polar surface area (TPSA) is 90.9 Å². The van der Waals surface area contributed by atoms with Crippen LogP contribution in [0.5, 0.6) is 5.75 Å². The first kappa shape index (κ1) is 21.0. The van der Waals surface area contributed by atoms with Gasteiger partial charge in [-0.25, -0.2) is 9.59 Å². The second-order valence-corrected chi connectivity index (χ2v) is 6.14. The van der Waals surface area contributed by atoms with Gasteiger partial charge in [0.1, 0.15) is 5.75 Å². The van der Waals surface area contributed by atoms with Crippen LogP contribution in [0.3, 0.4) is 0 Å². The number of carbonyl (C=O) groups is 3. The summed E-state index contributed by atoms with van der Waals surface area (Å²) in [6.45, 7) is 3.36. The van der Waals surface area contributed by atoms with Crippen molar-refractivity contribution in [2.45, 2.75) is 20.4 Å². The molecule has 2 aromatic carbocycles. The molecule has 0 saturated heterocycles. The summed E-state index contributed by atoms with van der Waals surface area (Å²) in [5.41, 5.74) is 3.06. The number of hydrogen-bond donors (Lipinski definition) is 1. The van der Waals surface area contributed by atoms with Crippen LogP contribution < -0.4 is 10.1 Å². The van der Waals surface area contributed by atoms with E-state index in [1.54, 1.807) is 24.3 Å². The highest BCUT2D eigenvalue weighted by atomic mass is 16.6. The largest absolute Gasteiger partial charge is 0.481 e. The van der Waals surface area contributed by atoms with Crippen LogP contribution in [-0.2, 0) is 25.6 Å². The first-order valence-electron chi connectivity index (χ1n) is 8.69. The number of methoxy groups -OCH3 is 1. The third-order valence-electron chi connectivity index (χ3n) is 3.97. The van der Waals surface area contributed by atoms with Crippen LogP contribution in [0, 0.1) is 13.8 Å². The van der Waals surface area contributed by atoms with Crippen molar-refractivity contribution in [3.63, 3.8) is 0 Å². The van der Waals surface area contributed by atoms with Gasteiger partial charge in [0.2, 0.25) is 0 Å². The number of amides is 1. The Hall–Kier alpha value is -3.35. The number of ether oxygens (including phenoxy) is 3. The minimum Gasteiger partial charge on any atom is -0.481 e. The van der Waals surface area contributed by atoms with Gasteiger partial charge in [-0.3, -0.25) is 4.79 Å². The number of nitrogens with one attached hydrogen (secondary N) is 1. The number of esters is 2. The van der Waals surface area contributed by atoms with E-state index in [0.29, 0.717) is 11.3 Å². The van der Waals surface area contributed by atoms with Crippen LogP contribution in [0.4, 0.5) is 0 Å². The normalized spacial score (nSPS) is 10.1. The first-order valence-corrected chi connectivity index (χ1v) is 8.69. The van der Waals surface area contributed by atoms with Gasteiger partial charge in [-0.05, 0) is 42.7 Å². The molecule has 0 aliphatic heterocycles. The third kappa shape index (κ3) is 6.12. The van der Waals surface area contributed by atoms with E-state index in [9.17, 15) is 14.4 Å². The molecule has 0 heterocycles. The average molecular weight is 385 g/mol. The predicted octanol–water partition coefficient (Wildman–Crippen LogP) is 2.33. The Morgan fingerprint density at radius 3 is 2.18 bits per heavy atom. The highest BCUT2D eigenvalue weighted by molar-refractivity contribution is 5.89. The lowest BCUT2D eigenvalue weighted by atomic mass is 10.1. The van der Waals surface area contributed by atoms with E-state index in [4.69, 9.17) is 9.47 Å². The molecule has 0 unspecified atom stereocenters. The molecule has 7 heteroatoms. The number of hydrogen-bond acceptors (Lipinski definition) is 6. The van der Waals surface area contributed by atoms with Gasteiger partial charge in [-0.2, -0.15) is 0 Å². The summed E-state index contributed by atoms with van der Waals surface area (Å²) in [6, 6.07) is 12.3. The van der Waals surface area contributed by atoms with Crippen molar-refractivity contribution in [2.24, 2.45) is 0 Å². The lowest BCUT2D eigenvalue weighted by Crippen LogP contribution is -2.29. The number of rotatable bonds is 8. The lowest BCUT2D eigenvalue weighted by Gasteiger charge is -2.11.